The van der Waals surface area contributed by atoms with E-state index in [0.29, 0.717) is 18.7 Å². The molecule has 2 unspecified atom stereocenters. The fourth-order valence-electron chi connectivity index (χ4n) is 3.97. The maximum atomic E-state index is 13.2. The van der Waals surface area contributed by atoms with Crippen LogP contribution in [0.15, 0.2) is 30.3 Å². The molecule has 0 N–H and O–H groups in total. The first kappa shape index (κ1) is 19.8. The molecular weight excluding hydrogens is 366 g/mol. The molecule has 0 radical (unpaired) electrons. The number of sulfone groups is 1. The minimum atomic E-state index is -3.11. The van der Waals surface area contributed by atoms with Crippen molar-refractivity contribution in [3.05, 3.63) is 30.3 Å². The Kier molecular flexibility index (Phi) is 5.86. The van der Waals surface area contributed by atoms with E-state index in [4.69, 9.17) is 0 Å². The zero-order chi connectivity index (χ0) is 19.6. The summed E-state index contributed by atoms with van der Waals surface area (Å²) in [7, 11) is 0.332. The van der Waals surface area contributed by atoms with E-state index in [-0.39, 0.29) is 41.9 Å². The third-order valence-corrected chi connectivity index (χ3v) is 7.05. The Morgan fingerprint density at radius 1 is 1.15 bits per heavy atom. The summed E-state index contributed by atoms with van der Waals surface area (Å²) < 4.78 is 23.9. The molecule has 3 rings (SSSR count). The minimum Gasteiger partial charge on any atom is -0.347 e. The molecule has 0 aliphatic carbocycles. The largest absolute Gasteiger partial charge is 0.347 e. The molecule has 2 amide bonds. The molecule has 2 aliphatic heterocycles. The Morgan fingerprint density at radius 2 is 1.85 bits per heavy atom. The lowest BCUT2D eigenvalue weighted by molar-refractivity contribution is -0.134. The lowest BCUT2D eigenvalue weighted by atomic mass is 10.1. The monoisotopic (exact) mass is 393 g/mol. The van der Waals surface area contributed by atoms with E-state index < -0.39 is 9.84 Å². The zero-order valence-corrected chi connectivity index (χ0v) is 16.7. The van der Waals surface area contributed by atoms with Crippen LogP contribution in [0.4, 0.5) is 5.69 Å². The van der Waals surface area contributed by atoms with Crippen molar-refractivity contribution in [1.29, 1.82) is 0 Å². The van der Waals surface area contributed by atoms with Gasteiger partial charge in [-0.05, 0) is 37.9 Å². The number of anilines is 1. The average molecular weight is 394 g/mol. The first-order chi connectivity index (χ1) is 12.8. The van der Waals surface area contributed by atoms with Gasteiger partial charge in [-0.25, -0.2) is 8.42 Å². The first-order valence-electron chi connectivity index (χ1n) is 9.31. The van der Waals surface area contributed by atoms with Crippen molar-refractivity contribution in [2.75, 3.05) is 43.6 Å². The van der Waals surface area contributed by atoms with Crippen molar-refractivity contribution in [3.63, 3.8) is 0 Å². The van der Waals surface area contributed by atoms with Gasteiger partial charge in [-0.3, -0.25) is 14.5 Å². The molecule has 1 aromatic rings. The molecule has 0 saturated carbocycles. The second-order valence-electron chi connectivity index (χ2n) is 7.52. The number of para-hydroxylation sites is 1. The van der Waals surface area contributed by atoms with E-state index in [1.165, 1.54) is 0 Å². The van der Waals surface area contributed by atoms with Crippen LogP contribution in [0.25, 0.3) is 0 Å². The van der Waals surface area contributed by atoms with Crippen LogP contribution in [0.2, 0.25) is 0 Å². The summed E-state index contributed by atoms with van der Waals surface area (Å²) in [6.07, 6.45) is 2.07. The van der Waals surface area contributed by atoms with E-state index >= 15 is 0 Å². The second-order valence-corrected chi connectivity index (χ2v) is 9.75. The molecule has 1 aromatic carbocycles. The van der Waals surface area contributed by atoms with Crippen LogP contribution in [0.3, 0.4) is 0 Å². The number of hydrogen-bond donors (Lipinski definition) is 0. The summed E-state index contributed by atoms with van der Waals surface area (Å²) in [6, 6.07) is 8.57. The molecule has 0 aromatic heterocycles. The molecule has 148 valence electrons. The number of benzene rings is 1. The van der Waals surface area contributed by atoms with Gasteiger partial charge in [0.1, 0.15) is 0 Å². The van der Waals surface area contributed by atoms with Gasteiger partial charge in [0.05, 0.1) is 30.1 Å². The van der Waals surface area contributed by atoms with Gasteiger partial charge in [0.15, 0.2) is 9.84 Å². The number of carbonyl (C=O) groups is 2. The molecular formula is C19H27N3O4S. The maximum Gasteiger partial charge on any atom is 0.241 e. The van der Waals surface area contributed by atoms with Crippen LogP contribution >= 0.6 is 0 Å². The molecule has 2 saturated heterocycles. The molecule has 27 heavy (non-hydrogen) atoms. The van der Waals surface area contributed by atoms with Gasteiger partial charge in [-0.15, -0.1) is 0 Å². The normalized spacial score (nSPS) is 24.7. The van der Waals surface area contributed by atoms with Gasteiger partial charge in [0, 0.05) is 19.8 Å². The summed E-state index contributed by atoms with van der Waals surface area (Å²) in [6.45, 7) is 0.817. The van der Waals surface area contributed by atoms with Crippen molar-refractivity contribution >= 4 is 27.3 Å². The van der Waals surface area contributed by atoms with E-state index in [1.54, 1.807) is 23.9 Å². The lowest BCUT2D eigenvalue weighted by Gasteiger charge is -2.32. The average Bonchev–Trinajstić information content (AvgIpc) is 3.21. The van der Waals surface area contributed by atoms with Crippen molar-refractivity contribution in [3.8, 4) is 0 Å². The topological polar surface area (TPSA) is 78.0 Å². The van der Waals surface area contributed by atoms with Gasteiger partial charge in [0.25, 0.3) is 0 Å². The molecule has 2 heterocycles. The Labute approximate surface area is 160 Å². The smallest absolute Gasteiger partial charge is 0.241 e. The number of likely N-dealkylation sites (N-methyl/N-ethyl adjacent to an activating group) is 1. The van der Waals surface area contributed by atoms with E-state index in [9.17, 15) is 18.0 Å². The molecule has 8 heteroatoms. The van der Waals surface area contributed by atoms with Gasteiger partial charge in [0.2, 0.25) is 11.8 Å². The third kappa shape index (κ3) is 4.50. The summed E-state index contributed by atoms with van der Waals surface area (Å²) in [4.78, 5) is 30.7. The number of carbonyl (C=O) groups excluding carboxylic acids is 2. The van der Waals surface area contributed by atoms with Crippen molar-refractivity contribution in [2.24, 2.45) is 0 Å². The fraction of sp³-hybridized carbons (Fsp3) is 0.579. The van der Waals surface area contributed by atoms with Crippen molar-refractivity contribution in [1.82, 2.24) is 9.80 Å². The number of amides is 2. The summed E-state index contributed by atoms with van der Waals surface area (Å²) in [5.74, 6) is -0.0373. The molecule has 2 fully saturated rings. The van der Waals surface area contributed by atoms with Crippen LogP contribution < -0.4 is 4.90 Å². The van der Waals surface area contributed by atoms with Gasteiger partial charge < -0.3 is 9.80 Å². The molecule has 2 atom stereocenters. The quantitative estimate of drug-likeness (QED) is 0.738. The Balaban J connectivity index is 1.80. The number of likely N-dealkylation sites (tertiary alicyclic amines) is 1. The summed E-state index contributed by atoms with van der Waals surface area (Å²) in [5, 5.41) is 0. The number of nitrogens with zero attached hydrogens (tertiary/aromatic N) is 3. The highest BCUT2D eigenvalue weighted by molar-refractivity contribution is 7.91. The van der Waals surface area contributed by atoms with Crippen LogP contribution in [0.1, 0.15) is 19.3 Å². The molecule has 2 aliphatic rings. The van der Waals surface area contributed by atoms with Crippen LogP contribution in [-0.2, 0) is 19.4 Å². The molecule has 0 spiro atoms. The van der Waals surface area contributed by atoms with Crippen molar-refractivity contribution < 1.29 is 18.0 Å². The van der Waals surface area contributed by atoms with Crippen LogP contribution in [0, 0.1) is 0 Å². The highest BCUT2D eigenvalue weighted by Crippen LogP contribution is 2.26. The van der Waals surface area contributed by atoms with Crippen LogP contribution in [0.5, 0.6) is 0 Å². The Bertz CT molecular complexity index is 794. The molecule has 0 bridgehead atoms. The van der Waals surface area contributed by atoms with Gasteiger partial charge >= 0.3 is 0 Å². The number of hydrogen-bond acceptors (Lipinski definition) is 5. The predicted octanol–water partition coefficient (Wildman–Crippen LogP) is 0.759. The van der Waals surface area contributed by atoms with E-state index in [2.05, 4.69) is 0 Å². The Morgan fingerprint density at radius 3 is 2.44 bits per heavy atom. The van der Waals surface area contributed by atoms with E-state index in [1.807, 2.05) is 35.2 Å². The first-order valence-corrected chi connectivity index (χ1v) is 11.1. The highest BCUT2D eigenvalue weighted by Gasteiger charge is 2.38. The summed E-state index contributed by atoms with van der Waals surface area (Å²) >= 11 is 0. The highest BCUT2D eigenvalue weighted by atomic mass is 32.2. The number of rotatable bonds is 5. The maximum absolute atomic E-state index is 13.2. The van der Waals surface area contributed by atoms with Crippen molar-refractivity contribution in [2.45, 2.75) is 31.3 Å². The lowest BCUT2D eigenvalue weighted by Crippen LogP contribution is -2.50. The fourth-order valence-corrected chi connectivity index (χ4v) is 5.67. The second kappa shape index (κ2) is 7.98. The zero-order valence-electron chi connectivity index (χ0n) is 15.9. The minimum absolute atomic E-state index is 0.00626. The molecule has 7 nitrogen and oxygen atoms in total. The van der Waals surface area contributed by atoms with Crippen LogP contribution in [-0.4, -0.2) is 80.8 Å². The predicted molar refractivity (Wildman–Crippen MR) is 104 cm³/mol. The Hall–Kier alpha value is -1.93. The summed E-state index contributed by atoms with van der Waals surface area (Å²) in [5.41, 5.74) is 0.708. The van der Waals surface area contributed by atoms with E-state index in [0.717, 1.165) is 12.8 Å². The third-order valence-electron chi connectivity index (χ3n) is 5.30. The SMILES string of the molecule is CN(C)C(=O)C1CCCN1CC(=O)N(c1ccccc1)C1CCS(=O)(=O)C1. The van der Waals surface area contributed by atoms with Gasteiger partial charge in [-0.1, -0.05) is 18.2 Å². The standard InChI is InChI=1S/C19H27N3O4S/c1-20(2)19(24)17-9-6-11-21(17)13-18(23)22(15-7-4-3-5-8-15)16-10-12-27(25,26)14-16/h3-5,7-8,16-17H,6,9-14H2,1-2H3. The van der Waals surface area contributed by atoms with Gasteiger partial charge in [-0.2, -0.15) is 0 Å².